The van der Waals surface area contributed by atoms with E-state index in [-0.39, 0.29) is 30.3 Å². The van der Waals surface area contributed by atoms with Crippen molar-refractivity contribution in [2.75, 3.05) is 6.54 Å². The van der Waals surface area contributed by atoms with Gasteiger partial charge in [0, 0.05) is 19.3 Å². The maximum atomic E-state index is 12.6. The van der Waals surface area contributed by atoms with Crippen molar-refractivity contribution >= 4 is 17.9 Å². The van der Waals surface area contributed by atoms with Gasteiger partial charge in [-0.3, -0.25) is 4.48 Å². The molecule has 0 saturated heterocycles. The number of rotatable bonds is 33. The normalized spacial score (nSPS) is 15.1. The minimum absolute atomic E-state index is 0.271. The summed E-state index contributed by atoms with van der Waals surface area (Å²) in [5, 5.41) is 30.9. The standard InChI is InChI=1S/C38H71NO6/c1-5-9-10-11-12-13-14-15-16-17-18-19-20-21-22-23-24-25-26-27-28-32-39(33(29-6-2)36(40)41,34(30-7-3)37(42)43)35(31-8-4)38(44)45/h13-14,33-35H,5-12,15-32H2,1-4H3,(H2-,40,41,42,43,44,45)/p+1/b14-13+. The largest absolute Gasteiger partial charge is 0.477 e. The molecule has 0 aliphatic rings. The number of aliphatic carboxylic acids is 3. The van der Waals surface area contributed by atoms with Gasteiger partial charge in [0.2, 0.25) is 0 Å². The summed E-state index contributed by atoms with van der Waals surface area (Å²) in [5.74, 6) is -3.24. The molecule has 0 aromatic carbocycles. The summed E-state index contributed by atoms with van der Waals surface area (Å²) in [6, 6.07) is -3.13. The number of nitrogens with zero attached hydrogens (tertiary/aromatic N) is 1. The van der Waals surface area contributed by atoms with Crippen LogP contribution in [0.15, 0.2) is 12.2 Å². The maximum Gasteiger partial charge on any atom is 0.362 e. The highest BCUT2D eigenvalue weighted by molar-refractivity contribution is 5.78. The molecule has 3 atom stereocenters. The first-order chi connectivity index (χ1) is 21.7. The summed E-state index contributed by atoms with van der Waals surface area (Å²) in [6.07, 6.45) is 30.3. The Bertz CT molecular complexity index is 722. The average molecular weight is 639 g/mol. The average Bonchev–Trinajstić information content (AvgIpc) is 3.00. The smallest absolute Gasteiger partial charge is 0.362 e. The van der Waals surface area contributed by atoms with E-state index in [0.29, 0.717) is 25.7 Å². The predicted octanol–water partition coefficient (Wildman–Crippen LogP) is 10.6. The van der Waals surface area contributed by atoms with E-state index in [2.05, 4.69) is 19.1 Å². The van der Waals surface area contributed by atoms with Gasteiger partial charge in [0.25, 0.3) is 0 Å². The van der Waals surface area contributed by atoms with Gasteiger partial charge in [-0.25, -0.2) is 14.4 Å². The van der Waals surface area contributed by atoms with Gasteiger partial charge >= 0.3 is 17.9 Å². The first-order valence-corrected chi connectivity index (χ1v) is 18.9. The monoisotopic (exact) mass is 639 g/mol. The van der Waals surface area contributed by atoms with E-state index in [9.17, 15) is 29.7 Å². The van der Waals surface area contributed by atoms with E-state index < -0.39 is 36.0 Å². The van der Waals surface area contributed by atoms with Crippen molar-refractivity contribution in [1.82, 2.24) is 0 Å². The number of unbranched alkanes of at least 4 members (excludes halogenated alkanes) is 17. The molecule has 0 aromatic rings. The molecule has 7 nitrogen and oxygen atoms in total. The zero-order valence-corrected chi connectivity index (χ0v) is 29.8. The molecule has 0 fully saturated rings. The van der Waals surface area contributed by atoms with Crippen LogP contribution in [0.2, 0.25) is 0 Å². The second kappa shape index (κ2) is 28.3. The summed E-state index contributed by atoms with van der Waals surface area (Å²) in [4.78, 5) is 37.8. The molecule has 0 heterocycles. The predicted molar refractivity (Wildman–Crippen MR) is 187 cm³/mol. The molecule has 0 amide bonds. The Labute approximate surface area is 276 Å². The molecule has 0 radical (unpaired) electrons. The number of hydrogen-bond donors (Lipinski definition) is 3. The Morgan fingerprint density at radius 2 is 0.733 bits per heavy atom. The molecule has 0 aliphatic heterocycles. The van der Waals surface area contributed by atoms with Gasteiger partial charge < -0.3 is 15.3 Å². The van der Waals surface area contributed by atoms with Crippen LogP contribution < -0.4 is 0 Å². The summed E-state index contributed by atoms with van der Waals surface area (Å²) in [7, 11) is 0. The van der Waals surface area contributed by atoms with Crippen LogP contribution >= 0.6 is 0 Å². The fourth-order valence-corrected chi connectivity index (χ4v) is 7.16. The van der Waals surface area contributed by atoms with Crippen molar-refractivity contribution in [2.24, 2.45) is 0 Å². The molecule has 45 heavy (non-hydrogen) atoms. The number of carbonyl (C=O) groups is 3. The number of carboxylic acid groups (broad SMARTS) is 3. The van der Waals surface area contributed by atoms with E-state index >= 15 is 0 Å². The van der Waals surface area contributed by atoms with Gasteiger partial charge in [-0.15, -0.1) is 0 Å². The molecule has 3 unspecified atom stereocenters. The van der Waals surface area contributed by atoms with Gasteiger partial charge in [0.1, 0.15) is 0 Å². The number of allylic oxidation sites excluding steroid dienone is 2. The SMILES string of the molecule is CCCCCC/C=C/CCCCCCCCCCCCCCC[N+](C(CCC)C(=O)O)(C(CCC)C(=O)O)C(CCC)C(=O)O. The maximum absolute atomic E-state index is 12.6. The summed E-state index contributed by atoms with van der Waals surface area (Å²) in [6.45, 7) is 8.18. The van der Waals surface area contributed by atoms with Gasteiger partial charge in [0.05, 0.1) is 6.54 Å². The fourth-order valence-electron chi connectivity index (χ4n) is 7.16. The third-order valence-electron chi connectivity index (χ3n) is 9.59. The minimum atomic E-state index is -1.08. The lowest BCUT2D eigenvalue weighted by Gasteiger charge is -2.50. The van der Waals surface area contributed by atoms with Crippen LogP contribution in [0.1, 0.15) is 188 Å². The zero-order valence-electron chi connectivity index (χ0n) is 29.8. The summed E-state index contributed by atoms with van der Waals surface area (Å²) >= 11 is 0. The lowest BCUT2D eigenvalue weighted by Crippen LogP contribution is -2.72. The van der Waals surface area contributed by atoms with E-state index in [4.69, 9.17) is 0 Å². The lowest BCUT2D eigenvalue weighted by atomic mass is 9.91. The van der Waals surface area contributed by atoms with Crippen molar-refractivity contribution in [3.8, 4) is 0 Å². The van der Waals surface area contributed by atoms with E-state index in [0.717, 1.165) is 19.3 Å². The molecule has 0 aromatic heterocycles. The van der Waals surface area contributed by atoms with Gasteiger partial charge in [0.15, 0.2) is 18.1 Å². The molecule has 0 bridgehead atoms. The molecule has 0 saturated carbocycles. The molecular formula is C38H72NO6+. The highest BCUT2D eigenvalue weighted by Gasteiger charge is 2.56. The Morgan fingerprint density at radius 3 is 1.02 bits per heavy atom. The van der Waals surface area contributed by atoms with Crippen LogP contribution in [-0.4, -0.2) is 62.4 Å². The summed E-state index contributed by atoms with van der Waals surface area (Å²) in [5.41, 5.74) is 0. The van der Waals surface area contributed by atoms with Crippen molar-refractivity contribution in [1.29, 1.82) is 0 Å². The van der Waals surface area contributed by atoms with Crippen LogP contribution in [0.4, 0.5) is 0 Å². The Kier molecular flexibility index (Phi) is 27.2. The third-order valence-corrected chi connectivity index (χ3v) is 9.59. The van der Waals surface area contributed by atoms with Crippen molar-refractivity contribution < 1.29 is 34.2 Å². The quantitative estimate of drug-likeness (QED) is 0.0374. The Morgan fingerprint density at radius 1 is 0.444 bits per heavy atom. The van der Waals surface area contributed by atoms with Crippen molar-refractivity contribution in [3.05, 3.63) is 12.2 Å². The van der Waals surface area contributed by atoms with Crippen LogP contribution in [0.5, 0.6) is 0 Å². The number of quaternary nitrogens is 1. The van der Waals surface area contributed by atoms with Crippen molar-refractivity contribution in [3.63, 3.8) is 0 Å². The lowest BCUT2D eigenvalue weighted by molar-refractivity contribution is -0.973. The van der Waals surface area contributed by atoms with Crippen LogP contribution in [0.25, 0.3) is 0 Å². The second-order valence-electron chi connectivity index (χ2n) is 13.4. The number of carboxylic acids is 3. The molecular weight excluding hydrogens is 566 g/mol. The molecule has 264 valence electrons. The third kappa shape index (κ3) is 18.1. The van der Waals surface area contributed by atoms with Crippen LogP contribution in [0, 0.1) is 0 Å². The van der Waals surface area contributed by atoms with E-state index in [1.54, 1.807) is 0 Å². The fraction of sp³-hybridized carbons (Fsp3) is 0.868. The summed E-state index contributed by atoms with van der Waals surface area (Å²) < 4.78 is -0.370. The Hall–Kier alpha value is -1.89. The highest BCUT2D eigenvalue weighted by atomic mass is 16.4. The molecule has 0 rings (SSSR count). The van der Waals surface area contributed by atoms with Gasteiger partial charge in [-0.05, 0) is 57.8 Å². The topological polar surface area (TPSA) is 112 Å². The van der Waals surface area contributed by atoms with Crippen LogP contribution in [0.3, 0.4) is 0 Å². The van der Waals surface area contributed by atoms with E-state index in [1.165, 1.54) is 96.3 Å². The minimum Gasteiger partial charge on any atom is -0.477 e. The molecule has 0 aliphatic carbocycles. The zero-order chi connectivity index (χ0) is 33.8. The first-order valence-electron chi connectivity index (χ1n) is 18.9. The van der Waals surface area contributed by atoms with Gasteiger partial charge in [-0.2, -0.15) is 0 Å². The molecule has 3 N–H and O–H groups in total. The van der Waals surface area contributed by atoms with Gasteiger partial charge in [-0.1, -0.05) is 123 Å². The Balaban J connectivity index is 4.65. The van der Waals surface area contributed by atoms with E-state index in [1.807, 2.05) is 20.8 Å². The first kappa shape index (κ1) is 43.1. The molecule has 7 heteroatoms. The van der Waals surface area contributed by atoms with Crippen molar-refractivity contribution in [2.45, 2.75) is 206 Å². The number of hydrogen-bond acceptors (Lipinski definition) is 3. The van der Waals surface area contributed by atoms with Crippen LogP contribution in [-0.2, 0) is 14.4 Å². The second-order valence-corrected chi connectivity index (χ2v) is 13.4. The highest BCUT2D eigenvalue weighted by Crippen LogP contribution is 2.34. The molecule has 0 spiro atoms.